The Balaban J connectivity index is 1.69. The van der Waals surface area contributed by atoms with Crippen molar-refractivity contribution in [3.63, 3.8) is 0 Å². The number of aromatic nitrogens is 1. The number of hydrogen-bond acceptors (Lipinski definition) is 2. The van der Waals surface area contributed by atoms with Crippen LogP contribution in [0, 0.1) is 20.8 Å². The molecule has 3 rings (SSSR count). The first-order valence-electron chi connectivity index (χ1n) is 10.4. The first-order valence-corrected chi connectivity index (χ1v) is 17.1. The number of nitrogens with zero attached hydrogens (tertiary/aromatic N) is 1. The van der Waals surface area contributed by atoms with Gasteiger partial charge in [0.05, 0.1) is 0 Å². The number of aryl methyl sites for hydroxylation is 3. The normalized spacial score (nSPS) is 12.3. The van der Waals surface area contributed by atoms with Gasteiger partial charge in [0.1, 0.15) is 0 Å². The monoisotopic (exact) mass is 551 g/mol. The van der Waals surface area contributed by atoms with Gasteiger partial charge in [-0.3, -0.25) is 0 Å². The van der Waals surface area contributed by atoms with Crippen molar-refractivity contribution in [3.8, 4) is 15.9 Å². The molecule has 1 heterocycles. The van der Waals surface area contributed by atoms with Crippen LogP contribution in [0.15, 0.2) is 42.5 Å². The zero-order valence-corrected chi connectivity index (χ0v) is 23.8. The molecule has 0 atom stereocenters. The topological polar surface area (TPSA) is 22.1 Å². The van der Waals surface area contributed by atoms with E-state index >= 15 is 0 Å². The predicted octanol–water partition coefficient (Wildman–Crippen LogP) is 5.64. The first kappa shape index (κ1) is 23.6. The van der Waals surface area contributed by atoms with Gasteiger partial charge < -0.3 is 0 Å². The molecule has 5 heteroatoms. The van der Waals surface area contributed by atoms with Crippen LogP contribution >= 0.6 is 0 Å². The molecule has 0 radical (unpaired) electrons. The summed E-state index contributed by atoms with van der Waals surface area (Å²) in [4.78, 5) is 4.90. The Morgan fingerprint density at radius 3 is 2.27 bits per heavy atom. The van der Waals surface area contributed by atoms with E-state index in [-0.39, 0.29) is 5.04 Å². The van der Waals surface area contributed by atoms with Gasteiger partial charge in [-0.25, -0.2) is 0 Å². The summed E-state index contributed by atoms with van der Waals surface area (Å²) < 4.78 is 10.8. The molecule has 0 N–H and O–H groups in total. The third kappa shape index (κ3) is 5.58. The van der Waals surface area contributed by atoms with Crippen molar-refractivity contribution >= 4 is 42.2 Å². The van der Waals surface area contributed by atoms with Gasteiger partial charge in [0.2, 0.25) is 0 Å². The molecule has 3 aromatic rings. The van der Waals surface area contributed by atoms with Gasteiger partial charge in [-0.1, -0.05) is 0 Å². The Morgan fingerprint density at radius 1 is 1.00 bits per heavy atom. The molecule has 0 unspecified atom stereocenters. The second kappa shape index (κ2) is 9.18. The Bertz CT molecular complexity index is 1020. The van der Waals surface area contributed by atoms with Gasteiger partial charge in [-0.15, -0.1) is 0 Å². The summed E-state index contributed by atoms with van der Waals surface area (Å²) in [7, 11) is -1.80. The van der Waals surface area contributed by atoms with Crippen molar-refractivity contribution in [2.24, 2.45) is 0 Å². The van der Waals surface area contributed by atoms with Gasteiger partial charge >= 0.3 is 196 Å². The van der Waals surface area contributed by atoms with Gasteiger partial charge in [0.25, 0.3) is 0 Å². The molecule has 2 aromatic carbocycles. The van der Waals surface area contributed by atoms with Crippen molar-refractivity contribution in [2.75, 3.05) is 0 Å². The molecule has 0 spiro atoms. The van der Waals surface area contributed by atoms with Gasteiger partial charge in [0.15, 0.2) is 0 Å². The van der Waals surface area contributed by atoms with E-state index in [4.69, 9.17) is 9.41 Å². The Labute approximate surface area is 195 Å². The van der Waals surface area contributed by atoms with Crippen molar-refractivity contribution in [1.82, 2.24) is 4.98 Å². The van der Waals surface area contributed by atoms with E-state index < -0.39 is 8.32 Å². The fourth-order valence-electron chi connectivity index (χ4n) is 2.78. The Hall–Kier alpha value is -1.09. The van der Waals surface area contributed by atoms with Crippen LogP contribution in [0.4, 0.5) is 0 Å². The predicted molar refractivity (Wildman–Crippen MR) is 134 cm³/mol. The van der Waals surface area contributed by atoms with E-state index in [1.807, 2.05) is 0 Å². The van der Waals surface area contributed by atoms with Crippen LogP contribution < -0.4 is 8.89 Å². The zero-order valence-electron chi connectivity index (χ0n) is 19.4. The molecule has 0 saturated carbocycles. The van der Waals surface area contributed by atoms with E-state index in [2.05, 4.69) is 97.1 Å². The van der Waals surface area contributed by atoms with E-state index in [1.165, 1.54) is 31.4 Å². The van der Waals surface area contributed by atoms with Crippen molar-refractivity contribution in [1.29, 1.82) is 0 Å². The standard InChI is InChI=1S/C25H33NOSe2Si/c1-17-9-11-20(12-10-17)24-26-19(3)23(29-24)16-28-21-13-14-22(18(2)15-21)27-30(7,8)25(4,5)6/h9-15H,16H2,1-8H3. The summed E-state index contributed by atoms with van der Waals surface area (Å²) >= 11 is 0.776. The van der Waals surface area contributed by atoms with Crippen LogP contribution in [0.3, 0.4) is 0 Å². The molecule has 2 nitrogen and oxygen atoms in total. The average molecular weight is 550 g/mol. The van der Waals surface area contributed by atoms with Crippen molar-refractivity contribution in [3.05, 3.63) is 63.7 Å². The summed E-state index contributed by atoms with van der Waals surface area (Å²) in [6.45, 7) is 18.0. The van der Waals surface area contributed by atoms with Crippen LogP contribution in [-0.4, -0.2) is 42.8 Å². The summed E-state index contributed by atoms with van der Waals surface area (Å²) in [6, 6.07) is 15.6. The molecule has 1 aromatic heterocycles. The first-order chi connectivity index (χ1) is 14.0. The van der Waals surface area contributed by atoms with E-state index in [0.29, 0.717) is 29.5 Å². The number of rotatable bonds is 6. The molecule has 30 heavy (non-hydrogen) atoms. The number of hydrogen-bond donors (Lipinski definition) is 0. The number of benzene rings is 2. The van der Waals surface area contributed by atoms with E-state index in [9.17, 15) is 0 Å². The molecule has 0 saturated heterocycles. The second-order valence-corrected chi connectivity index (χ2v) is 18.7. The van der Waals surface area contributed by atoms with Crippen LogP contribution in [0.5, 0.6) is 5.75 Å². The van der Waals surface area contributed by atoms with Crippen LogP contribution in [0.1, 0.15) is 42.0 Å². The molecule has 0 bridgehead atoms. The quantitative estimate of drug-likeness (QED) is 0.371. The van der Waals surface area contributed by atoms with Gasteiger partial charge in [0, 0.05) is 0 Å². The van der Waals surface area contributed by atoms with E-state index in [1.54, 1.807) is 4.44 Å². The summed E-state index contributed by atoms with van der Waals surface area (Å²) in [5, 5.41) is 1.37. The zero-order chi connectivity index (χ0) is 22.1. The Morgan fingerprint density at radius 2 is 1.67 bits per heavy atom. The molecule has 0 amide bonds. The van der Waals surface area contributed by atoms with Crippen LogP contribution in [-0.2, 0) is 5.32 Å². The fraction of sp³-hybridized carbons (Fsp3) is 0.400. The Kier molecular flexibility index (Phi) is 7.21. The van der Waals surface area contributed by atoms with Crippen LogP contribution in [0.2, 0.25) is 18.1 Å². The molecule has 160 valence electrons. The SMILES string of the molecule is Cc1ccc(-c2nc(C)c(C[Se]c3ccc(O[Si](C)(C)C(C)(C)C)c(C)c3)[se]2)cc1. The summed E-state index contributed by atoms with van der Waals surface area (Å²) in [6.07, 6.45) is 0. The maximum absolute atomic E-state index is 6.54. The minimum absolute atomic E-state index is 0.214. The van der Waals surface area contributed by atoms with Gasteiger partial charge in [-0.2, -0.15) is 0 Å². The van der Waals surface area contributed by atoms with Crippen molar-refractivity contribution in [2.45, 2.75) is 65.0 Å². The maximum atomic E-state index is 6.54. The summed E-state index contributed by atoms with van der Waals surface area (Å²) in [5.41, 5.74) is 5.08. The fourth-order valence-corrected chi connectivity index (χ4v) is 9.04. The van der Waals surface area contributed by atoms with Crippen LogP contribution in [0.25, 0.3) is 10.1 Å². The van der Waals surface area contributed by atoms with E-state index in [0.717, 1.165) is 11.1 Å². The molecule has 0 aliphatic heterocycles. The minimum atomic E-state index is -1.80. The van der Waals surface area contributed by atoms with Gasteiger partial charge in [-0.05, 0) is 0 Å². The average Bonchev–Trinajstić information content (AvgIpc) is 3.02. The molecule has 0 fully saturated rings. The third-order valence-corrected chi connectivity index (χ3v) is 15.8. The molecular formula is C25H33NOSe2Si. The third-order valence-electron chi connectivity index (χ3n) is 5.88. The van der Waals surface area contributed by atoms with Crippen molar-refractivity contribution < 1.29 is 4.43 Å². The molecule has 0 aliphatic rings. The molecule has 0 aliphatic carbocycles. The molecular weight excluding hydrogens is 516 g/mol. The second-order valence-electron chi connectivity index (χ2n) is 9.47. The summed E-state index contributed by atoms with van der Waals surface area (Å²) in [5.74, 6) is 1.06.